The van der Waals surface area contributed by atoms with Crippen molar-refractivity contribution >= 4 is 0 Å². The van der Waals surface area contributed by atoms with E-state index < -0.39 is 0 Å². The maximum atomic E-state index is 5.06. The van der Waals surface area contributed by atoms with Crippen molar-refractivity contribution in [1.82, 2.24) is 0 Å². The van der Waals surface area contributed by atoms with Gasteiger partial charge in [-0.05, 0) is 0 Å². The molecule has 0 bridgehead atoms. The van der Waals surface area contributed by atoms with Crippen molar-refractivity contribution in [3.63, 3.8) is 0 Å². The first-order chi connectivity index (χ1) is 5.29. The van der Waals surface area contributed by atoms with Crippen LogP contribution in [0.15, 0.2) is 0 Å². The van der Waals surface area contributed by atoms with E-state index in [1.165, 1.54) is 0 Å². The van der Waals surface area contributed by atoms with E-state index >= 15 is 0 Å². The first kappa shape index (κ1) is 10.8. The van der Waals surface area contributed by atoms with E-state index in [0.29, 0.717) is 6.61 Å². The minimum absolute atomic E-state index is 0.171. The van der Waals surface area contributed by atoms with Crippen molar-refractivity contribution in [2.24, 2.45) is 0 Å². The molecule has 0 fully saturated rings. The van der Waals surface area contributed by atoms with Crippen LogP contribution in [0, 0.1) is 0 Å². The van der Waals surface area contributed by atoms with Crippen LogP contribution in [0.3, 0.4) is 0 Å². The molecule has 68 valence electrons. The first-order valence-corrected chi connectivity index (χ1v) is 3.37. The Bertz CT molecular complexity index is 82.5. The average molecular weight is 164 g/mol. The lowest BCUT2D eigenvalue weighted by Crippen LogP contribution is -2.35. The Morgan fingerprint density at radius 2 is 1.45 bits per heavy atom. The van der Waals surface area contributed by atoms with Crippen LogP contribution in [-0.4, -0.2) is 47.4 Å². The van der Waals surface area contributed by atoms with Gasteiger partial charge in [-0.15, -0.1) is 0 Å². The lowest BCUT2D eigenvalue weighted by atomic mass is 10.3. The monoisotopic (exact) mass is 164 g/mol. The van der Waals surface area contributed by atoms with Gasteiger partial charge in [0.2, 0.25) is 0 Å². The quantitative estimate of drug-likeness (QED) is 0.528. The van der Waals surface area contributed by atoms with Crippen molar-refractivity contribution in [1.29, 1.82) is 0 Å². The minimum Gasteiger partial charge on any atom is -0.382 e. The smallest absolute Gasteiger partial charge is 0.185 e. The maximum Gasteiger partial charge on any atom is 0.185 e. The molecule has 0 aliphatic heterocycles. The Morgan fingerprint density at radius 3 is 1.73 bits per heavy atom. The molecule has 0 amide bonds. The van der Waals surface area contributed by atoms with Crippen LogP contribution < -0.4 is 0 Å². The number of hydrogen-bond acceptors (Lipinski definition) is 4. The normalized spacial score (nSPS) is 13.9. The third-order valence-corrected chi connectivity index (χ3v) is 1.40. The third kappa shape index (κ3) is 3.67. The van der Waals surface area contributed by atoms with Gasteiger partial charge in [-0.2, -0.15) is 0 Å². The van der Waals surface area contributed by atoms with Crippen molar-refractivity contribution in [3.8, 4) is 0 Å². The highest BCUT2D eigenvalue weighted by Gasteiger charge is 2.19. The van der Waals surface area contributed by atoms with Crippen molar-refractivity contribution in [2.75, 3.05) is 35.0 Å². The van der Waals surface area contributed by atoms with Gasteiger partial charge in [0.05, 0.1) is 6.61 Å². The Hall–Kier alpha value is -0.160. The standard InChI is InChI=1S/C7H16O4/c1-8-5-6(9-2)7(10-3)11-4/h6-7H,5H2,1-4H3. The fourth-order valence-corrected chi connectivity index (χ4v) is 0.822. The number of methoxy groups -OCH3 is 4. The van der Waals surface area contributed by atoms with E-state index in [4.69, 9.17) is 18.9 Å². The summed E-state index contributed by atoms with van der Waals surface area (Å²) < 4.78 is 19.9. The molecule has 0 radical (unpaired) electrons. The molecular formula is C7H16O4. The van der Waals surface area contributed by atoms with Gasteiger partial charge in [-0.3, -0.25) is 0 Å². The highest BCUT2D eigenvalue weighted by molar-refractivity contribution is 4.59. The van der Waals surface area contributed by atoms with Crippen LogP contribution in [0.25, 0.3) is 0 Å². The predicted octanol–water partition coefficient (Wildman–Crippen LogP) is 0.267. The molecule has 0 rings (SSSR count). The first-order valence-electron chi connectivity index (χ1n) is 3.37. The Morgan fingerprint density at radius 1 is 0.909 bits per heavy atom. The highest BCUT2D eigenvalue weighted by Crippen LogP contribution is 2.03. The molecule has 0 saturated heterocycles. The zero-order valence-corrected chi connectivity index (χ0v) is 7.49. The van der Waals surface area contributed by atoms with Crippen LogP contribution in [0.2, 0.25) is 0 Å². The van der Waals surface area contributed by atoms with Gasteiger partial charge < -0.3 is 18.9 Å². The molecule has 0 aliphatic carbocycles. The van der Waals surface area contributed by atoms with E-state index in [-0.39, 0.29) is 12.4 Å². The molecule has 1 unspecified atom stereocenters. The molecule has 4 heteroatoms. The molecule has 4 nitrogen and oxygen atoms in total. The van der Waals surface area contributed by atoms with E-state index in [1.54, 1.807) is 28.4 Å². The fraction of sp³-hybridized carbons (Fsp3) is 1.00. The van der Waals surface area contributed by atoms with Gasteiger partial charge in [0.25, 0.3) is 0 Å². The van der Waals surface area contributed by atoms with Gasteiger partial charge in [0.1, 0.15) is 6.10 Å². The second-order valence-electron chi connectivity index (χ2n) is 2.07. The van der Waals surface area contributed by atoms with E-state index in [0.717, 1.165) is 0 Å². The van der Waals surface area contributed by atoms with Crippen molar-refractivity contribution in [3.05, 3.63) is 0 Å². The SMILES string of the molecule is COCC(OC)C(OC)OC. The summed E-state index contributed by atoms with van der Waals surface area (Å²) in [6.45, 7) is 0.461. The van der Waals surface area contributed by atoms with Crippen LogP contribution in [0.5, 0.6) is 0 Å². The lowest BCUT2D eigenvalue weighted by Gasteiger charge is -2.22. The van der Waals surface area contributed by atoms with Gasteiger partial charge in [0.15, 0.2) is 6.29 Å². The Kier molecular flexibility index (Phi) is 6.45. The van der Waals surface area contributed by atoms with E-state index in [9.17, 15) is 0 Å². The number of ether oxygens (including phenoxy) is 4. The summed E-state index contributed by atoms with van der Waals surface area (Å²) >= 11 is 0. The van der Waals surface area contributed by atoms with Gasteiger partial charge >= 0.3 is 0 Å². The van der Waals surface area contributed by atoms with Crippen LogP contribution >= 0.6 is 0 Å². The molecule has 0 spiro atoms. The summed E-state index contributed by atoms with van der Waals surface area (Å²) in [5.74, 6) is 0. The minimum atomic E-state index is -0.361. The van der Waals surface area contributed by atoms with Gasteiger partial charge in [0, 0.05) is 28.4 Å². The summed E-state index contributed by atoms with van der Waals surface area (Å²) in [6.07, 6.45) is -0.532. The van der Waals surface area contributed by atoms with Crippen LogP contribution in [-0.2, 0) is 18.9 Å². The summed E-state index contributed by atoms with van der Waals surface area (Å²) in [6, 6.07) is 0. The Balaban J connectivity index is 3.76. The maximum absolute atomic E-state index is 5.06. The summed E-state index contributed by atoms with van der Waals surface area (Å²) in [5.41, 5.74) is 0. The molecule has 0 aromatic carbocycles. The van der Waals surface area contributed by atoms with Gasteiger partial charge in [-0.25, -0.2) is 0 Å². The molecule has 0 heterocycles. The predicted molar refractivity (Wildman–Crippen MR) is 40.5 cm³/mol. The van der Waals surface area contributed by atoms with Crippen molar-refractivity contribution in [2.45, 2.75) is 12.4 Å². The van der Waals surface area contributed by atoms with Gasteiger partial charge in [-0.1, -0.05) is 0 Å². The molecule has 0 N–H and O–H groups in total. The molecule has 0 aliphatic rings. The molecule has 0 aromatic rings. The second-order valence-corrected chi connectivity index (χ2v) is 2.07. The Labute approximate surface area is 67.4 Å². The van der Waals surface area contributed by atoms with E-state index in [2.05, 4.69) is 0 Å². The fourth-order valence-electron chi connectivity index (χ4n) is 0.822. The van der Waals surface area contributed by atoms with E-state index in [1.807, 2.05) is 0 Å². The third-order valence-electron chi connectivity index (χ3n) is 1.40. The highest BCUT2D eigenvalue weighted by atomic mass is 16.7. The second kappa shape index (κ2) is 6.54. The molecule has 11 heavy (non-hydrogen) atoms. The summed E-state index contributed by atoms with van der Waals surface area (Å²) in [7, 11) is 6.33. The number of rotatable bonds is 6. The molecule has 1 atom stereocenters. The molecule has 0 aromatic heterocycles. The topological polar surface area (TPSA) is 36.9 Å². The summed E-state index contributed by atoms with van der Waals surface area (Å²) in [4.78, 5) is 0. The van der Waals surface area contributed by atoms with Crippen LogP contribution in [0.1, 0.15) is 0 Å². The molecule has 0 saturated carbocycles. The van der Waals surface area contributed by atoms with Crippen molar-refractivity contribution < 1.29 is 18.9 Å². The zero-order valence-electron chi connectivity index (χ0n) is 7.49. The largest absolute Gasteiger partial charge is 0.382 e. The average Bonchev–Trinajstić information content (AvgIpc) is 2.05. The van der Waals surface area contributed by atoms with Crippen LogP contribution in [0.4, 0.5) is 0 Å². The molecular weight excluding hydrogens is 148 g/mol. The zero-order chi connectivity index (χ0) is 8.69. The number of hydrogen-bond donors (Lipinski definition) is 0. The summed E-state index contributed by atoms with van der Waals surface area (Å²) in [5, 5.41) is 0. The lowest BCUT2D eigenvalue weighted by molar-refractivity contribution is -0.185.